The predicted octanol–water partition coefficient (Wildman–Crippen LogP) is 4.34. The van der Waals surface area contributed by atoms with E-state index in [1.165, 1.54) is 0 Å². The first kappa shape index (κ1) is 19.4. The van der Waals surface area contributed by atoms with Gasteiger partial charge in [-0.2, -0.15) is 0 Å². The van der Waals surface area contributed by atoms with Crippen LogP contribution in [0.1, 0.15) is 61.3 Å². The minimum Gasteiger partial charge on any atom is -0.466 e. The van der Waals surface area contributed by atoms with E-state index in [0.717, 1.165) is 0 Å². The van der Waals surface area contributed by atoms with Gasteiger partial charge in [-0.25, -0.2) is 0 Å². The molecule has 1 saturated heterocycles. The van der Waals surface area contributed by atoms with Gasteiger partial charge in [0.05, 0.1) is 25.2 Å². The van der Waals surface area contributed by atoms with Gasteiger partial charge in [0.15, 0.2) is 0 Å². The van der Waals surface area contributed by atoms with Gasteiger partial charge in [0.2, 0.25) is 0 Å². The molecule has 1 aliphatic heterocycles. The quantitative estimate of drug-likeness (QED) is 0.437. The number of carbonyl (C=O) groups excluding carboxylic acids is 1. The molecule has 0 amide bonds. The van der Waals surface area contributed by atoms with Crippen LogP contribution in [0.2, 0.25) is 10.1 Å². The number of ether oxygens (including phenoxy) is 1. The van der Waals surface area contributed by atoms with Crippen LogP contribution >= 0.6 is 0 Å². The predicted molar refractivity (Wildman–Crippen MR) is 91.0 cm³/mol. The Kier molecular flexibility index (Phi) is 6.04. The monoisotopic (exact) mass is 328 g/mol. The Balaban J connectivity index is 3.11. The van der Waals surface area contributed by atoms with Gasteiger partial charge >= 0.3 is 14.5 Å². The number of rotatable bonds is 4. The minimum absolute atomic E-state index is 0.0710. The van der Waals surface area contributed by atoms with Crippen LogP contribution in [0.3, 0.4) is 0 Å². The number of carbonyl (C=O) groups is 1. The molecular formula is C17H32O4Si. The molecular weight excluding hydrogens is 296 g/mol. The van der Waals surface area contributed by atoms with Gasteiger partial charge in [0.25, 0.3) is 0 Å². The average Bonchev–Trinajstić information content (AvgIpc) is 2.35. The van der Waals surface area contributed by atoms with Crippen molar-refractivity contribution in [2.24, 2.45) is 0 Å². The summed E-state index contributed by atoms with van der Waals surface area (Å²) in [6, 6.07) is 0. The SMILES string of the molecule is C=C[C@@H]1C[C@H](CC(=O)OCC)O[Si](C(C)(C)C)(C(C)(C)C)O1. The van der Waals surface area contributed by atoms with Gasteiger partial charge in [-0.15, -0.1) is 6.58 Å². The molecule has 2 atom stereocenters. The lowest BCUT2D eigenvalue weighted by Crippen LogP contribution is -2.63. The molecule has 0 unspecified atom stereocenters. The Bertz CT molecular complexity index is 392. The molecule has 0 N–H and O–H groups in total. The molecule has 0 aromatic heterocycles. The van der Waals surface area contributed by atoms with Crippen LogP contribution in [-0.4, -0.2) is 33.3 Å². The zero-order valence-corrected chi connectivity index (χ0v) is 16.2. The summed E-state index contributed by atoms with van der Waals surface area (Å²) in [5, 5.41) is -0.223. The number of esters is 1. The Morgan fingerprint density at radius 3 is 2.18 bits per heavy atom. The molecule has 0 radical (unpaired) electrons. The lowest BCUT2D eigenvalue weighted by atomic mass is 10.1. The van der Waals surface area contributed by atoms with Crippen LogP contribution in [0.25, 0.3) is 0 Å². The molecule has 1 rings (SSSR count). The molecule has 1 aliphatic rings. The summed E-state index contributed by atoms with van der Waals surface area (Å²) in [5.41, 5.74) is 0. The van der Waals surface area contributed by atoms with Crippen molar-refractivity contribution < 1.29 is 18.4 Å². The summed E-state index contributed by atoms with van der Waals surface area (Å²) in [6.45, 7) is 19.1. The first-order valence-electron chi connectivity index (χ1n) is 8.10. The highest BCUT2D eigenvalue weighted by atomic mass is 28.4. The van der Waals surface area contributed by atoms with Crippen molar-refractivity contribution in [1.29, 1.82) is 0 Å². The van der Waals surface area contributed by atoms with E-state index in [2.05, 4.69) is 48.1 Å². The second-order valence-electron chi connectivity index (χ2n) is 7.99. The summed E-state index contributed by atoms with van der Waals surface area (Å²) in [5.74, 6) is -0.206. The van der Waals surface area contributed by atoms with Crippen LogP contribution in [0, 0.1) is 0 Å². The second-order valence-corrected chi connectivity index (χ2v) is 12.7. The zero-order valence-electron chi connectivity index (χ0n) is 15.2. The van der Waals surface area contributed by atoms with Crippen molar-refractivity contribution in [2.75, 3.05) is 6.61 Å². The van der Waals surface area contributed by atoms with Crippen molar-refractivity contribution >= 4 is 14.5 Å². The molecule has 0 aromatic carbocycles. The van der Waals surface area contributed by atoms with Crippen molar-refractivity contribution in [2.45, 2.75) is 83.6 Å². The standard InChI is InChI=1S/C17H32O4Si/c1-9-13-11-14(12-15(18)19-10-2)21-22(20-13,16(3,4)5)17(6,7)8/h9,13-14H,1,10-12H2,2-8H3/t13-,14-/m1/s1. The normalized spacial score (nSPS) is 25.6. The van der Waals surface area contributed by atoms with Crippen LogP contribution in [-0.2, 0) is 18.4 Å². The number of hydrogen-bond donors (Lipinski definition) is 0. The molecule has 128 valence electrons. The lowest BCUT2D eigenvalue weighted by molar-refractivity contribution is -0.146. The summed E-state index contributed by atoms with van der Waals surface area (Å²) >= 11 is 0. The highest BCUT2D eigenvalue weighted by molar-refractivity contribution is 6.73. The molecule has 22 heavy (non-hydrogen) atoms. The molecule has 0 bridgehead atoms. The second kappa shape index (κ2) is 6.85. The molecule has 0 spiro atoms. The topological polar surface area (TPSA) is 44.8 Å². The third kappa shape index (κ3) is 4.00. The van der Waals surface area contributed by atoms with E-state index in [-0.39, 0.29) is 34.7 Å². The Morgan fingerprint density at radius 2 is 1.77 bits per heavy atom. The van der Waals surface area contributed by atoms with E-state index >= 15 is 0 Å². The summed E-state index contributed by atoms with van der Waals surface area (Å²) < 4.78 is 18.1. The molecule has 5 heteroatoms. The molecule has 1 heterocycles. The third-order valence-electron chi connectivity index (χ3n) is 4.08. The van der Waals surface area contributed by atoms with Crippen molar-refractivity contribution in [3.05, 3.63) is 12.7 Å². The highest BCUT2D eigenvalue weighted by Gasteiger charge is 2.61. The first-order chi connectivity index (χ1) is 9.96. The van der Waals surface area contributed by atoms with Gasteiger partial charge in [0, 0.05) is 16.5 Å². The van der Waals surface area contributed by atoms with E-state index in [1.54, 1.807) is 0 Å². The van der Waals surface area contributed by atoms with Crippen molar-refractivity contribution in [3.8, 4) is 0 Å². The van der Waals surface area contributed by atoms with Crippen LogP contribution < -0.4 is 0 Å². The molecule has 0 saturated carbocycles. The van der Waals surface area contributed by atoms with Crippen LogP contribution in [0.5, 0.6) is 0 Å². The molecule has 0 aliphatic carbocycles. The smallest absolute Gasteiger partial charge is 0.350 e. The molecule has 1 fully saturated rings. The van der Waals surface area contributed by atoms with Gasteiger partial charge < -0.3 is 13.6 Å². The van der Waals surface area contributed by atoms with Crippen molar-refractivity contribution in [1.82, 2.24) is 0 Å². The van der Waals surface area contributed by atoms with Gasteiger partial charge in [-0.3, -0.25) is 4.79 Å². The third-order valence-corrected chi connectivity index (χ3v) is 9.33. The van der Waals surface area contributed by atoms with Crippen molar-refractivity contribution in [3.63, 3.8) is 0 Å². The van der Waals surface area contributed by atoms with Crippen LogP contribution in [0.15, 0.2) is 12.7 Å². The average molecular weight is 329 g/mol. The van der Waals surface area contributed by atoms with E-state index in [0.29, 0.717) is 13.0 Å². The molecule has 4 nitrogen and oxygen atoms in total. The summed E-state index contributed by atoms with van der Waals surface area (Å²) in [6.07, 6.45) is 2.53. The zero-order chi connectivity index (χ0) is 17.2. The maximum absolute atomic E-state index is 11.9. The lowest BCUT2D eigenvalue weighted by Gasteiger charge is -2.54. The van der Waals surface area contributed by atoms with Gasteiger partial charge in [-0.1, -0.05) is 47.6 Å². The fourth-order valence-electron chi connectivity index (χ4n) is 3.34. The fraction of sp³-hybridized carbons (Fsp3) is 0.824. The van der Waals surface area contributed by atoms with E-state index in [9.17, 15) is 4.79 Å². The van der Waals surface area contributed by atoms with Crippen LogP contribution in [0.4, 0.5) is 0 Å². The van der Waals surface area contributed by atoms with E-state index in [1.807, 2.05) is 13.0 Å². The van der Waals surface area contributed by atoms with E-state index in [4.69, 9.17) is 13.6 Å². The maximum atomic E-state index is 11.9. The minimum atomic E-state index is -2.60. The molecule has 0 aromatic rings. The Labute approximate surface area is 136 Å². The fourth-order valence-corrected chi connectivity index (χ4v) is 8.33. The maximum Gasteiger partial charge on any atom is 0.350 e. The Morgan fingerprint density at radius 1 is 1.23 bits per heavy atom. The van der Waals surface area contributed by atoms with E-state index < -0.39 is 8.56 Å². The first-order valence-corrected chi connectivity index (χ1v) is 9.92. The van der Waals surface area contributed by atoms with Gasteiger partial charge in [-0.05, 0) is 6.92 Å². The van der Waals surface area contributed by atoms with Gasteiger partial charge in [0.1, 0.15) is 0 Å². The highest BCUT2D eigenvalue weighted by Crippen LogP contribution is 2.55. The summed E-state index contributed by atoms with van der Waals surface area (Å²) in [4.78, 5) is 11.9. The Hall–Kier alpha value is -0.653. The summed E-state index contributed by atoms with van der Waals surface area (Å²) in [7, 11) is -2.60. The number of hydrogen-bond acceptors (Lipinski definition) is 4. The largest absolute Gasteiger partial charge is 0.466 e.